The van der Waals surface area contributed by atoms with Crippen molar-refractivity contribution >= 4 is 17.4 Å². The maximum atomic E-state index is 3.40. The van der Waals surface area contributed by atoms with Crippen LogP contribution in [0.15, 0.2) is 29.2 Å². The minimum absolute atomic E-state index is 0.620. The van der Waals surface area contributed by atoms with Crippen LogP contribution in [-0.4, -0.2) is 31.9 Å². The summed E-state index contributed by atoms with van der Waals surface area (Å²) in [5, 5.41) is 3.40. The number of hydrogen-bond donors (Lipinski definition) is 1. The lowest BCUT2D eigenvalue weighted by Gasteiger charge is -2.40. The molecule has 1 aromatic carbocycles. The Labute approximate surface area is 109 Å². The molecular weight excluding hydrogens is 228 g/mol. The van der Waals surface area contributed by atoms with Crippen molar-refractivity contribution in [3.05, 3.63) is 24.3 Å². The Kier molecular flexibility index (Phi) is 4.35. The molecule has 0 radical (unpaired) electrons. The van der Waals surface area contributed by atoms with Crippen molar-refractivity contribution in [3.63, 3.8) is 0 Å². The maximum absolute atomic E-state index is 3.40. The Morgan fingerprint density at radius 1 is 1.35 bits per heavy atom. The van der Waals surface area contributed by atoms with Gasteiger partial charge in [0.15, 0.2) is 0 Å². The van der Waals surface area contributed by atoms with Crippen molar-refractivity contribution in [2.45, 2.75) is 36.7 Å². The molecule has 2 nitrogen and oxygen atoms in total. The van der Waals surface area contributed by atoms with Gasteiger partial charge >= 0.3 is 0 Å². The van der Waals surface area contributed by atoms with E-state index in [1.807, 2.05) is 11.8 Å². The summed E-state index contributed by atoms with van der Waals surface area (Å²) in [4.78, 5) is 3.95. The van der Waals surface area contributed by atoms with Crippen LogP contribution in [0.2, 0.25) is 0 Å². The topological polar surface area (TPSA) is 15.3 Å². The molecule has 1 aliphatic rings. The molecule has 0 spiro atoms. The number of hydrogen-bond acceptors (Lipinski definition) is 3. The first-order chi connectivity index (χ1) is 8.26. The fraction of sp³-hybridized carbons (Fsp3) is 0.571. The second-order valence-corrected chi connectivity index (χ2v) is 5.57. The summed E-state index contributed by atoms with van der Waals surface area (Å²) in [5.74, 6) is 0. The van der Waals surface area contributed by atoms with E-state index in [0.29, 0.717) is 12.1 Å². The number of nitrogens with zero attached hydrogens (tertiary/aromatic N) is 1. The molecule has 1 N–H and O–H groups in total. The Balaban J connectivity index is 2.17. The standard InChI is InChI=1S/C14H22N2S/c1-11-10-12(15-2)8-9-16(11)13-6-4-5-7-14(13)17-3/h4-7,11-12,15H,8-10H2,1-3H3. The van der Waals surface area contributed by atoms with Gasteiger partial charge in [-0.2, -0.15) is 0 Å². The predicted molar refractivity (Wildman–Crippen MR) is 77.1 cm³/mol. The molecule has 1 aliphatic heterocycles. The van der Waals surface area contributed by atoms with Gasteiger partial charge in [0.1, 0.15) is 0 Å². The van der Waals surface area contributed by atoms with Crippen LogP contribution in [0, 0.1) is 0 Å². The minimum Gasteiger partial charge on any atom is -0.368 e. The summed E-state index contributed by atoms with van der Waals surface area (Å²) in [7, 11) is 2.07. The molecule has 1 aromatic rings. The minimum atomic E-state index is 0.620. The zero-order valence-corrected chi connectivity index (χ0v) is 11.8. The highest BCUT2D eigenvalue weighted by atomic mass is 32.2. The van der Waals surface area contributed by atoms with E-state index in [1.54, 1.807) is 0 Å². The van der Waals surface area contributed by atoms with Gasteiger partial charge < -0.3 is 10.2 Å². The van der Waals surface area contributed by atoms with Gasteiger partial charge in [-0.3, -0.25) is 0 Å². The summed E-state index contributed by atoms with van der Waals surface area (Å²) < 4.78 is 0. The van der Waals surface area contributed by atoms with Gasteiger partial charge in [-0.15, -0.1) is 11.8 Å². The van der Waals surface area contributed by atoms with E-state index in [4.69, 9.17) is 0 Å². The maximum Gasteiger partial charge on any atom is 0.0506 e. The molecule has 2 unspecified atom stereocenters. The van der Waals surface area contributed by atoms with Gasteiger partial charge in [0, 0.05) is 23.5 Å². The molecule has 0 aromatic heterocycles. The SMILES string of the molecule is CNC1CCN(c2ccccc2SC)C(C)C1. The molecule has 2 rings (SSSR count). The third-order valence-electron chi connectivity index (χ3n) is 3.68. The zero-order valence-electron chi connectivity index (χ0n) is 10.9. The summed E-state index contributed by atoms with van der Waals surface area (Å²) in [6, 6.07) is 10.0. The van der Waals surface area contributed by atoms with Gasteiger partial charge in [-0.25, -0.2) is 0 Å². The third kappa shape index (κ3) is 2.78. The normalized spacial score (nSPS) is 25.0. The Morgan fingerprint density at radius 3 is 2.76 bits per heavy atom. The molecule has 94 valence electrons. The molecular formula is C14H22N2S. The Morgan fingerprint density at radius 2 is 2.12 bits per heavy atom. The summed E-state index contributed by atoms with van der Waals surface area (Å²) in [5.41, 5.74) is 1.40. The van der Waals surface area contributed by atoms with E-state index >= 15 is 0 Å². The number of piperidine rings is 1. The molecule has 1 fully saturated rings. The van der Waals surface area contributed by atoms with Crippen LogP contribution in [-0.2, 0) is 0 Å². The van der Waals surface area contributed by atoms with E-state index in [2.05, 4.69) is 54.7 Å². The smallest absolute Gasteiger partial charge is 0.0506 e. The highest BCUT2D eigenvalue weighted by Gasteiger charge is 2.25. The molecule has 3 heteroatoms. The van der Waals surface area contributed by atoms with Crippen LogP contribution in [0.1, 0.15) is 19.8 Å². The predicted octanol–water partition coefficient (Wildman–Crippen LogP) is 2.99. The van der Waals surface area contributed by atoms with E-state index in [-0.39, 0.29) is 0 Å². The quantitative estimate of drug-likeness (QED) is 0.830. The highest BCUT2D eigenvalue weighted by molar-refractivity contribution is 7.98. The van der Waals surface area contributed by atoms with Gasteiger partial charge in [0.25, 0.3) is 0 Å². The van der Waals surface area contributed by atoms with E-state index in [0.717, 1.165) is 6.54 Å². The van der Waals surface area contributed by atoms with Crippen LogP contribution in [0.5, 0.6) is 0 Å². The number of rotatable bonds is 3. The van der Waals surface area contributed by atoms with Gasteiger partial charge in [-0.05, 0) is 45.2 Å². The fourth-order valence-electron chi connectivity index (χ4n) is 2.66. The first kappa shape index (κ1) is 12.8. The first-order valence-electron chi connectivity index (χ1n) is 6.33. The number of nitrogens with one attached hydrogen (secondary N) is 1. The molecule has 0 saturated carbocycles. The molecule has 1 saturated heterocycles. The zero-order chi connectivity index (χ0) is 12.3. The number of anilines is 1. The summed E-state index contributed by atoms with van der Waals surface area (Å²) in [6.45, 7) is 3.49. The van der Waals surface area contributed by atoms with Gasteiger partial charge in [0.05, 0.1) is 5.69 Å². The summed E-state index contributed by atoms with van der Waals surface area (Å²) >= 11 is 1.84. The highest BCUT2D eigenvalue weighted by Crippen LogP contribution is 2.32. The number of benzene rings is 1. The Hall–Kier alpha value is -0.670. The van der Waals surface area contributed by atoms with E-state index in [1.165, 1.54) is 23.4 Å². The lowest BCUT2D eigenvalue weighted by Crippen LogP contribution is -2.46. The Bertz CT molecular complexity index is 367. The number of thioether (sulfide) groups is 1. The average Bonchev–Trinajstić information content (AvgIpc) is 2.38. The number of para-hydroxylation sites is 1. The molecule has 1 heterocycles. The molecule has 0 aliphatic carbocycles. The van der Waals surface area contributed by atoms with Crippen molar-refractivity contribution in [2.24, 2.45) is 0 Å². The third-order valence-corrected chi connectivity index (χ3v) is 4.46. The second kappa shape index (κ2) is 5.78. The first-order valence-corrected chi connectivity index (χ1v) is 7.55. The monoisotopic (exact) mass is 250 g/mol. The van der Waals surface area contributed by atoms with E-state index < -0.39 is 0 Å². The molecule has 17 heavy (non-hydrogen) atoms. The van der Waals surface area contributed by atoms with Crippen LogP contribution in [0.25, 0.3) is 0 Å². The lowest BCUT2D eigenvalue weighted by molar-refractivity contribution is 0.386. The molecule has 0 amide bonds. The van der Waals surface area contributed by atoms with Crippen molar-refractivity contribution in [2.75, 3.05) is 24.7 Å². The van der Waals surface area contributed by atoms with Crippen molar-refractivity contribution < 1.29 is 0 Å². The lowest BCUT2D eigenvalue weighted by atomic mass is 9.98. The van der Waals surface area contributed by atoms with Crippen LogP contribution in [0.4, 0.5) is 5.69 Å². The van der Waals surface area contributed by atoms with Crippen molar-refractivity contribution in [3.8, 4) is 0 Å². The van der Waals surface area contributed by atoms with Crippen molar-refractivity contribution in [1.29, 1.82) is 0 Å². The van der Waals surface area contributed by atoms with Crippen LogP contribution < -0.4 is 10.2 Å². The average molecular weight is 250 g/mol. The fourth-order valence-corrected chi connectivity index (χ4v) is 3.27. The van der Waals surface area contributed by atoms with Gasteiger partial charge in [0.2, 0.25) is 0 Å². The van der Waals surface area contributed by atoms with Crippen molar-refractivity contribution in [1.82, 2.24) is 5.32 Å². The second-order valence-electron chi connectivity index (χ2n) is 4.72. The van der Waals surface area contributed by atoms with Crippen LogP contribution >= 0.6 is 11.8 Å². The molecule has 0 bridgehead atoms. The van der Waals surface area contributed by atoms with Crippen LogP contribution in [0.3, 0.4) is 0 Å². The summed E-state index contributed by atoms with van der Waals surface area (Å²) in [6.07, 6.45) is 4.63. The largest absolute Gasteiger partial charge is 0.368 e. The molecule has 2 atom stereocenters. The van der Waals surface area contributed by atoms with E-state index in [9.17, 15) is 0 Å². The van der Waals surface area contributed by atoms with Gasteiger partial charge in [-0.1, -0.05) is 12.1 Å².